The molecule has 2 fully saturated rings. The Morgan fingerprint density at radius 2 is 1.54 bits per heavy atom. The molecule has 2 aromatic carbocycles. The van der Waals surface area contributed by atoms with Crippen LogP contribution in [0.4, 0.5) is 0 Å². The number of ether oxygens (including phenoxy) is 1. The molecule has 1 saturated carbocycles. The summed E-state index contributed by atoms with van der Waals surface area (Å²) in [5.74, 6) is 0.615. The van der Waals surface area contributed by atoms with E-state index in [1.54, 1.807) is 0 Å². The zero-order valence-corrected chi connectivity index (χ0v) is 22.3. The maximum absolute atomic E-state index is 12.3. The van der Waals surface area contributed by atoms with Crippen molar-refractivity contribution in [3.63, 3.8) is 0 Å². The number of hydrogen-bond donors (Lipinski definition) is 1. The molecule has 0 radical (unpaired) electrons. The van der Waals surface area contributed by atoms with Crippen molar-refractivity contribution in [2.75, 3.05) is 12.9 Å². The lowest BCUT2D eigenvalue weighted by atomic mass is 9.83. The summed E-state index contributed by atoms with van der Waals surface area (Å²) in [4.78, 5) is 2.54. The molecule has 2 atom stereocenters. The summed E-state index contributed by atoms with van der Waals surface area (Å²) in [5, 5.41) is 0. The van der Waals surface area contributed by atoms with Crippen LogP contribution in [0.5, 0.6) is 0 Å². The highest BCUT2D eigenvalue weighted by molar-refractivity contribution is 7.88. The summed E-state index contributed by atoms with van der Waals surface area (Å²) in [6, 6.07) is 21.2. The normalized spacial score (nSPS) is 27.2. The van der Waals surface area contributed by atoms with Gasteiger partial charge in [0, 0.05) is 18.1 Å². The van der Waals surface area contributed by atoms with Gasteiger partial charge in [-0.2, -0.15) is 0 Å². The lowest BCUT2D eigenvalue weighted by Gasteiger charge is -2.41. The van der Waals surface area contributed by atoms with Gasteiger partial charge in [-0.15, -0.1) is 0 Å². The highest BCUT2D eigenvalue weighted by Gasteiger charge is 2.50. The first-order valence-electron chi connectivity index (χ1n) is 13.3. The topological polar surface area (TPSA) is 58.6 Å². The van der Waals surface area contributed by atoms with E-state index in [0.717, 1.165) is 51.5 Å². The smallest absolute Gasteiger partial charge is 0.209 e. The van der Waals surface area contributed by atoms with E-state index in [-0.39, 0.29) is 23.7 Å². The average Bonchev–Trinajstić information content (AvgIpc) is 3.15. The molecule has 0 spiro atoms. The molecule has 1 aliphatic heterocycles. The number of likely N-dealkylation sites (tertiary alicyclic amines) is 1. The summed E-state index contributed by atoms with van der Waals surface area (Å²) in [5.41, 5.74) is 2.65. The molecular weight excluding hydrogens is 456 g/mol. The number of nitrogens with zero attached hydrogens (tertiary/aromatic N) is 1. The quantitative estimate of drug-likeness (QED) is 0.471. The maximum atomic E-state index is 12.3. The fourth-order valence-electron chi connectivity index (χ4n) is 6.37. The average molecular weight is 499 g/mol. The summed E-state index contributed by atoms with van der Waals surface area (Å²) in [7, 11) is -3.32. The van der Waals surface area contributed by atoms with Crippen molar-refractivity contribution < 1.29 is 13.2 Å². The minimum Gasteiger partial charge on any atom is -0.377 e. The Hall–Kier alpha value is -1.73. The third kappa shape index (κ3) is 6.53. The Bertz CT molecular complexity index is 1020. The van der Waals surface area contributed by atoms with Crippen LogP contribution in [0, 0.1) is 0 Å². The number of benzene rings is 2. The summed E-state index contributed by atoms with van der Waals surface area (Å²) in [6.07, 6.45) is 8.70. The van der Waals surface area contributed by atoms with Gasteiger partial charge in [-0.1, -0.05) is 74.5 Å². The molecule has 6 heteroatoms. The lowest BCUT2D eigenvalue weighted by molar-refractivity contribution is -0.0255. The van der Waals surface area contributed by atoms with Crippen molar-refractivity contribution in [2.24, 2.45) is 0 Å². The zero-order chi connectivity index (χ0) is 24.9. The van der Waals surface area contributed by atoms with Gasteiger partial charge >= 0.3 is 0 Å². The molecule has 1 aliphatic carbocycles. The van der Waals surface area contributed by atoms with E-state index >= 15 is 0 Å². The van der Waals surface area contributed by atoms with E-state index in [0.29, 0.717) is 12.5 Å². The largest absolute Gasteiger partial charge is 0.377 e. The summed E-state index contributed by atoms with van der Waals surface area (Å²) < 4.78 is 34.1. The molecule has 2 aromatic rings. The monoisotopic (exact) mass is 498 g/mol. The van der Waals surface area contributed by atoms with Gasteiger partial charge in [0.25, 0.3) is 0 Å². The van der Waals surface area contributed by atoms with E-state index in [9.17, 15) is 8.42 Å². The molecule has 5 nitrogen and oxygen atoms in total. The second-order valence-corrected chi connectivity index (χ2v) is 12.3. The molecule has 1 heterocycles. The van der Waals surface area contributed by atoms with Gasteiger partial charge in [0.15, 0.2) is 0 Å². The van der Waals surface area contributed by atoms with Crippen molar-refractivity contribution in [3.8, 4) is 0 Å². The van der Waals surface area contributed by atoms with Crippen molar-refractivity contribution in [2.45, 2.75) is 95.0 Å². The van der Waals surface area contributed by atoms with E-state index in [1.807, 2.05) is 6.07 Å². The zero-order valence-electron chi connectivity index (χ0n) is 21.5. The van der Waals surface area contributed by atoms with Crippen molar-refractivity contribution in [3.05, 3.63) is 71.8 Å². The van der Waals surface area contributed by atoms with Gasteiger partial charge in [-0.3, -0.25) is 4.90 Å². The van der Waals surface area contributed by atoms with Crippen LogP contribution in [-0.2, 0) is 21.3 Å². The maximum Gasteiger partial charge on any atom is 0.209 e. The first-order valence-corrected chi connectivity index (χ1v) is 15.2. The van der Waals surface area contributed by atoms with Gasteiger partial charge in [0.1, 0.15) is 0 Å². The van der Waals surface area contributed by atoms with Gasteiger partial charge < -0.3 is 4.74 Å². The van der Waals surface area contributed by atoms with Crippen LogP contribution in [0.25, 0.3) is 0 Å². The van der Waals surface area contributed by atoms with Gasteiger partial charge in [-0.25, -0.2) is 13.1 Å². The second kappa shape index (κ2) is 11.5. The Morgan fingerprint density at radius 3 is 2.11 bits per heavy atom. The fourth-order valence-corrected chi connectivity index (χ4v) is 7.16. The van der Waals surface area contributed by atoms with E-state index in [1.165, 1.54) is 17.4 Å². The minimum absolute atomic E-state index is 0.0108. The Kier molecular flexibility index (Phi) is 8.69. The van der Waals surface area contributed by atoms with Crippen LogP contribution in [-0.4, -0.2) is 49.9 Å². The van der Waals surface area contributed by atoms with Crippen LogP contribution in [0.3, 0.4) is 0 Å². The molecule has 0 bridgehead atoms. The molecule has 1 saturated heterocycles. The highest BCUT2D eigenvalue weighted by atomic mass is 32.2. The first kappa shape index (κ1) is 26.3. The summed E-state index contributed by atoms with van der Waals surface area (Å²) >= 11 is 0. The van der Waals surface area contributed by atoms with Crippen LogP contribution >= 0.6 is 0 Å². The van der Waals surface area contributed by atoms with Gasteiger partial charge in [0.2, 0.25) is 10.0 Å². The minimum atomic E-state index is -3.32. The number of sulfonamides is 1. The van der Waals surface area contributed by atoms with E-state index in [2.05, 4.69) is 78.1 Å². The predicted molar refractivity (Wildman–Crippen MR) is 143 cm³/mol. The van der Waals surface area contributed by atoms with Gasteiger partial charge in [-0.05, 0) is 62.0 Å². The molecule has 192 valence electrons. The SMILES string of the molecule is CCC1(CC)C[C@H](NS(C)(=O)=O)[C@H](COC2CCC(c3ccccc3)CC2)N1Cc1ccccc1. The Labute approximate surface area is 212 Å². The third-order valence-electron chi connectivity index (χ3n) is 8.40. The fraction of sp³-hybridized carbons (Fsp3) is 0.586. The lowest BCUT2D eigenvalue weighted by Crippen LogP contribution is -2.50. The molecule has 0 aromatic heterocycles. The first-order chi connectivity index (χ1) is 16.8. The molecule has 0 unspecified atom stereocenters. The van der Waals surface area contributed by atoms with Crippen LogP contribution in [0.1, 0.15) is 75.8 Å². The molecule has 35 heavy (non-hydrogen) atoms. The van der Waals surface area contributed by atoms with E-state index in [4.69, 9.17) is 4.74 Å². The number of hydrogen-bond acceptors (Lipinski definition) is 4. The molecule has 4 rings (SSSR count). The van der Waals surface area contributed by atoms with E-state index < -0.39 is 10.0 Å². The molecule has 0 amide bonds. The Morgan fingerprint density at radius 1 is 0.943 bits per heavy atom. The highest BCUT2D eigenvalue weighted by Crippen LogP contribution is 2.42. The predicted octanol–water partition coefficient (Wildman–Crippen LogP) is 5.48. The Balaban J connectivity index is 1.48. The number of nitrogens with one attached hydrogen (secondary N) is 1. The number of rotatable bonds is 10. The van der Waals surface area contributed by atoms with Crippen LogP contribution in [0.2, 0.25) is 0 Å². The third-order valence-corrected chi connectivity index (χ3v) is 9.13. The van der Waals surface area contributed by atoms with Crippen LogP contribution in [0.15, 0.2) is 60.7 Å². The van der Waals surface area contributed by atoms with Gasteiger partial charge in [0.05, 0.1) is 25.0 Å². The summed E-state index contributed by atoms with van der Waals surface area (Å²) in [6.45, 7) is 5.82. The van der Waals surface area contributed by atoms with Crippen molar-refractivity contribution >= 4 is 10.0 Å². The van der Waals surface area contributed by atoms with Crippen LogP contribution < -0.4 is 4.72 Å². The molecular formula is C29H42N2O3S. The second-order valence-electron chi connectivity index (χ2n) is 10.5. The standard InChI is InChI=1S/C29H42N2O3S/c1-4-29(5-2)20-27(30-35(3,32)33)28(31(29)21-23-12-8-6-9-13-23)22-34-26-18-16-25(17-19-26)24-14-10-7-11-15-24/h6-15,25-28,30H,4-5,16-22H2,1-3H3/t25?,26?,27-,28-/m0/s1. The van der Waals surface area contributed by atoms with Crippen molar-refractivity contribution in [1.29, 1.82) is 0 Å². The molecule has 1 N–H and O–H groups in total. The van der Waals surface area contributed by atoms with Crippen molar-refractivity contribution in [1.82, 2.24) is 9.62 Å². The molecule has 2 aliphatic rings.